The highest BCUT2D eigenvalue weighted by Gasteiger charge is 2.42. The van der Waals surface area contributed by atoms with Gasteiger partial charge in [-0.1, -0.05) is 36.4 Å². The summed E-state index contributed by atoms with van der Waals surface area (Å²) >= 11 is 0. The molecule has 1 saturated heterocycles. The van der Waals surface area contributed by atoms with E-state index in [1.54, 1.807) is 27.7 Å². The molecule has 3 aromatic rings. The number of piperidine rings is 1. The van der Waals surface area contributed by atoms with Crippen molar-refractivity contribution in [3.05, 3.63) is 59.2 Å². The number of benzene rings is 2. The van der Waals surface area contributed by atoms with E-state index in [4.69, 9.17) is 9.72 Å². The Bertz CT molecular complexity index is 1320. The zero-order valence-corrected chi connectivity index (χ0v) is 20.9. The van der Waals surface area contributed by atoms with Gasteiger partial charge in [0.25, 0.3) is 5.92 Å². The van der Waals surface area contributed by atoms with Crippen molar-refractivity contribution in [3.63, 3.8) is 0 Å². The van der Waals surface area contributed by atoms with Crippen LogP contribution in [0.1, 0.15) is 42.5 Å². The van der Waals surface area contributed by atoms with Crippen molar-refractivity contribution in [2.75, 3.05) is 31.6 Å². The van der Waals surface area contributed by atoms with Crippen LogP contribution < -0.4 is 4.90 Å². The van der Waals surface area contributed by atoms with Gasteiger partial charge in [-0.05, 0) is 37.8 Å². The second-order valence-electron chi connectivity index (χ2n) is 9.76. The number of hydrogen-bond acceptors (Lipinski definition) is 5. The van der Waals surface area contributed by atoms with Gasteiger partial charge in [-0.25, -0.2) is 9.78 Å². The summed E-state index contributed by atoms with van der Waals surface area (Å²) in [7, 11) is 1.33. The second kappa shape index (κ2) is 9.64. The number of ether oxygens (including phenoxy) is 1. The third kappa shape index (κ3) is 4.38. The van der Waals surface area contributed by atoms with Crippen LogP contribution in [-0.2, 0) is 28.4 Å². The van der Waals surface area contributed by atoms with E-state index in [2.05, 4.69) is 0 Å². The smallest absolute Gasteiger partial charge is 0.409 e. The van der Waals surface area contributed by atoms with E-state index >= 15 is 8.78 Å². The first kappa shape index (κ1) is 25.0. The zero-order chi connectivity index (χ0) is 26.3. The van der Waals surface area contributed by atoms with Crippen molar-refractivity contribution in [2.45, 2.75) is 44.7 Å². The molecule has 0 unspecified atom stereocenters. The quantitative estimate of drug-likeness (QED) is 0.528. The number of alkyl halides is 2. The molecule has 10 heteroatoms. The highest BCUT2D eigenvalue weighted by atomic mass is 19.3. The van der Waals surface area contributed by atoms with Crippen LogP contribution >= 0.6 is 0 Å². The van der Waals surface area contributed by atoms with Gasteiger partial charge in [0.1, 0.15) is 6.04 Å². The Morgan fingerprint density at radius 2 is 1.81 bits per heavy atom. The fraction of sp³-hybridized carbons (Fsp3) is 0.444. The molecule has 0 aliphatic carbocycles. The van der Waals surface area contributed by atoms with Gasteiger partial charge in [0.2, 0.25) is 5.95 Å². The Balaban J connectivity index is 1.63. The monoisotopic (exact) mass is 512 g/mol. The summed E-state index contributed by atoms with van der Waals surface area (Å²) in [5.74, 6) is -4.10. The fourth-order valence-corrected chi connectivity index (χ4v) is 5.46. The maximum atomic E-state index is 15.9. The van der Waals surface area contributed by atoms with Crippen LogP contribution in [0.15, 0.2) is 42.5 Å². The number of amides is 1. The molecule has 0 saturated carbocycles. The van der Waals surface area contributed by atoms with E-state index in [1.165, 1.54) is 26.2 Å². The molecule has 2 aliphatic heterocycles. The summed E-state index contributed by atoms with van der Waals surface area (Å²) in [6.07, 6.45) is 0.997. The predicted octanol–water partition coefficient (Wildman–Crippen LogP) is 4.81. The van der Waals surface area contributed by atoms with Gasteiger partial charge in [0, 0.05) is 30.8 Å². The van der Waals surface area contributed by atoms with Gasteiger partial charge in [-0.3, -0.25) is 4.79 Å². The number of hydrogen-bond donors (Lipinski definition) is 1. The van der Waals surface area contributed by atoms with E-state index in [1.807, 2.05) is 17.0 Å². The number of fused-ring (bicyclic) bond motifs is 3. The summed E-state index contributed by atoms with van der Waals surface area (Å²) in [5, 5.41) is 9.43. The van der Waals surface area contributed by atoms with Crippen molar-refractivity contribution < 1.29 is 28.2 Å². The minimum absolute atomic E-state index is 0.0882. The van der Waals surface area contributed by atoms with Gasteiger partial charge in [-0.2, -0.15) is 8.78 Å². The van der Waals surface area contributed by atoms with Gasteiger partial charge in [0.05, 0.1) is 30.6 Å². The molecule has 1 aromatic heterocycles. The van der Waals surface area contributed by atoms with Crippen LogP contribution in [0.4, 0.5) is 19.5 Å². The van der Waals surface area contributed by atoms with Crippen LogP contribution in [0.25, 0.3) is 11.0 Å². The predicted molar refractivity (Wildman–Crippen MR) is 134 cm³/mol. The van der Waals surface area contributed by atoms with Crippen LogP contribution in [0.3, 0.4) is 0 Å². The first-order valence-electron chi connectivity index (χ1n) is 12.5. The van der Waals surface area contributed by atoms with Crippen LogP contribution in [0, 0.1) is 5.92 Å². The Morgan fingerprint density at radius 1 is 1.11 bits per heavy atom. The van der Waals surface area contributed by atoms with Gasteiger partial charge in [-0.15, -0.1) is 0 Å². The minimum atomic E-state index is -3.20. The summed E-state index contributed by atoms with van der Waals surface area (Å²) in [6, 6.07) is 10.2. The summed E-state index contributed by atoms with van der Waals surface area (Å²) < 4.78 is 38.3. The number of carboxylic acids is 1. The van der Waals surface area contributed by atoms with E-state index < -0.39 is 29.9 Å². The molecule has 3 heterocycles. The Morgan fingerprint density at radius 3 is 2.46 bits per heavy atom. The van der Waals surface area contributed by atoms with Crippen molar-refractivity contribution in [2.24, 2.45) is 5.92 Å². The lowest BCUT2D eigenvalue weighted by Gasteiger charge is -2.34. The van der Waals surface area contributed by atoms with Crippen LogP contribution in [-0.4, -0.2) is 58.4 Å². The molecule has 1 atom stereocenters. The van der Waals surface area contributed by atoms with Gasteiger partial charge in [0.15, 0.2) is 0 Å². The van der Waals surface area contributed by atoms with Crippen LogP contribution in [0.2, 0.25) is 0 Å². The topological polar surface area (TPSA) is 87.9 Å². The first-order chi connectivity index (χ1) is 17.7. The number of anilines is 1. The average molecular weight is 513 g/mol. The Hall–Kier alpha value is -3.69. The van der Waals surface area contributed by atoms with E-state index in [-0.39, 0.29) is 12.1 Å². The molecule has 0 bridgehead atoms. The molecule has 37 heavy (non-hydrogen) atoms. The normalized spacial score (nSPS) is 17.5. The van der Waals surface area contributed by atoms with Crippen LogP contribution in [0.5, 0.6) is 0 Å². The molecule has 5 rings (SSSR count). The number of carboxylic acid groups (broad SMARTS) is 1. The number of halogens is 2. The lowest BCUT2D eigenvalue weighted by Crippen LogP contribution is -2.39. The molecule has 0 radical (unpaired) electrons. The third-order valence-electron chi connectivity index (χ3n) is 7.68. The Kier molecular flexibility index (Phi) is 6.51. The summed E-state index contributed by atoms with van der Waals surface area (Å²) in [6.45, 7) is 3.08. The van der Waals surface area contributed by atoms with Crippen molar-refractivity contribution >= 4 is 29.0 Å². The number of methoxy groups -OCH3 is 1. The average Bonchev–Trinajstić information content (AvgIpc) is 3.32. The molecule has 2 aliphatic rings. The number of imidazole rings is 1. The van der Waals surface area contributed by atoms with Gasteiger partial charge < -0.3 is 24.2 Å². The molecule has 0 spiro atoms. The number of carbonyl (C=O) groups excluding carboxylic acids is 1. The molecular formula is C27H30F2N4O4. The minimum Gasteiger partial charge on any atom is -0.481 e. The number of carbonyl (C=O) groups is 2. The standard InChI is InChI=1S/C27H30F2N4O4/c1-17(27(28,29)20-6-4-3-5-7-20)33-22-9-8-18-10-15-32(26(36)37-2)16-21(18)23(22)30-25(33)31-13-11-19(12-14-31)24(34)35/h3-9,17,19H,10-16H2,1-2H3,(H,34,35)/t17-/m0/s1. The first-order valence-corrected chi connectivity index (χ1v) is 12.5. The summed E-state index contributed by atoms with van der Waals surface area (Å²) in [5.41, 5.74) is 2.90. The van der Waals surface area contributed by atoms with E-state index in [9.17, 15) is 14.7 Å². The third-order valence-corrected chi connectivity index (χ3v) is 7.68. The van der Waals surface area contributed by atoms with E-state index in [0.29, 0.717) is 55.9 Å². The second-order valence-corrected chi connectivity index (χ2v) is 9.76. The molecule has 1 fully saturated rings. The van der Waals surface area contributed by atoms with Crippen molar-refractivity contribution in [1.82, 2.24) is 14.5 Å². The largest absolute Gasteiger partial charge is 0.481 e. The maximum Gasteiger partial charge on any atom is 0.409 e. The molecule has 8 nitrogen and oxygen atoms in total. The SMILES string of the molecule is COC(=O)N1CCc2ccc3c(nc(N4CCC(C(=O)O)CC4)n3[C@@H](C)C(F)(F)c3ccccc3)c2C1. The van der Waals surface area contributed by atoms with E-state index in [0.717, 1.165) is 11.1 Å². The summed E-state index contributed by atoms with van der Waals surface area (Å²) in [4.78, 5) is 32.1. The molecule has 2 aromatic carbocycles. The number of nitrogens with zero attached hydrogens (tertiary/aromatic N) is 4. The highest BCUT2D eigenvalue weighted by Crippen LogP contribution is 2.44. The lowest BCUT2D eigenvalue weighted by atomic mass is 9.97. The lowest BCUT2D eigenvalue weighted by molar-refractivity contribution is -0.142. The molecular weight excluding hydrogens is 482 g/mol. The molecule has 1 amide bonds. The Labute approximate surface area is 213 Å². The molecule has 196 valence electrons. The zero-order valence-electron chi connectivity index (χ0n) is 20.9. The highest BCUT2D eigenvalue weighted by molar-refractivity contribution is 5.85. The number of aromatic nitrogens is 2. The molecule has 1 N–H and O–H groups in total. The van der Waals surface area contributed by atoms with Crippen molar-refractivity contribution in [3.8, 4) is 0 Å². The maximum absolute atomic E-state index is 15.9. The number of rotatable bonds is 5. The number of aliphatic carboxylic acids is 1. The fourth-order valence-electron chi connectivity index (χ4n) is 5.46. The van der Waals surface area contributed by atoms with Gasteiger partial charge >= 0.3 is 12.1 Å². The van der Waals surface area contributed by atoms with Crippen molar-refractivity contribution in [1.29, 1.82) is 0 Å².